The molecule has 2 fully saturated rings. The highest BCUT2D eigenvalue weighted by Gasteiger charge is 2.35. The van der Waals surface area contributed by atoms with Crippen LogP contribution in [0.15, 0.2) is 24.4 Å². The summed E-state index contributed by atoms with van der Waals surface area (Å²) in [5.41, 5.74) is 2.96. The fourth-order valence-corrected chi connectivity index (χ4v) is 4.06. The summed E-state index contributed by atoms with van der Waals surface area (Å²) in [6.07, 6.45) is 5.56. The third-order valence-electron chi connectivity index (χ3n) is 5.60. The Hall–Kier alpha value is -2.08. The van der Waals surface area contributed by atoms with Crippen molar-refractivity contribution in [2.45, 2.75) is 44.8 Å². The SMILES string of the molecule is Cc1cccc2nc(CNC(=O)N3CCC4CCC(C3)N4C)cn12. The van der Waals surface area contributed by atoms with Crippen LogP contribution in [0.3, 0.4) is 0 Å². The predicted octanol–water partition coefficient (Wildman–Crippen LogP) is 2.02. The number of nitrogens with one attached hydrogen (secondary N) is 1. The quantitative estimate of drug-likeness (QED) is 0.918. The number of likely N-dealkylation sites (tertiary alicyclic amines) is 1. The molecule has 0 radical (unpaired) electrons. The number of fused-ring (bicyclic) bond motifs is 3. The summed E-state index contributed by atoms with van der Waals surface area (Å²) >= 11 is 0. The number of aryl methyl sites for hydroxylation is 1. The molecule has 128 valence electrons. The molecule has 24 heavy (non-hydrogen) atoms. The molecule has 2 aromatic rings. The molecule has 2 aliphatic rings. The van der Waals surface area contributed by atoms with Gasteiger partial charge in [-0.2, -0.15) is 0 Å². The number of imidazole rings is 1. The summed E-state index contributed by atoms with van der Waals surface area (Å²) in [4.78, 5) is 21.6. The molecule has 2 aliphatic heterocycles. The Morgan fingerprint density at radius 3 is 2.96 bits per heavy atom. The van der Waals surface area contributed by atoms with Gasteiger partial charge < -0.3 is 14.6 Å². The van der Waals surface area contributed by atoms with Gasteiger partial charge in [-0.3, -0.25) is 4.90 Å². The van der Waals surface area contributed by atoms with Crippen LogP contribution in [0.2, 0.25) is 0 Å². The zero-order valence-electron chi connectivity index (χ0n) is 14.4. The molecule has 0 aliphatic carbocycles. The Labute approximate surface area is 142 Å². The summed E-state index contributed by atoms with van der Waals surface area (Å²) in [7, 11) is 2.20. The van der Waals surface area contributed by atoms with Gasteiger partial charge in [-0.05, 0) is 45.4 Å². The average molecular weight is 327 g/mol. The average Bonchev–Trinajstić information content (AvgIpc) is 3.07. The van der Waals surface area contributed by atoms with Gasteiger partial charge in [0.15, 0.2) is 0 Å². The molecule has 2 atom stereocenters. The molecule has 4 rings (SSSR count). The molecule has 1 N–H and O–H groups in total. The van der Waals surface area contributed by atoms with Crippen molar-refractivity contribution in [3.63, 3.8) is 0 Å². The number of carbonyl (C=O) groups is 1. The van der Waals surface area contributed by atoms with Crippen LogP contribution in [0.4, 0.5) is 4.79 Å². The largest absolute Gasteiger partial charge is 0.332 e. The second-order valence-electron chi connectivity index (χ2n) is 7.07. The van der Waals surface area contributed by atoms with Crippen molar-refractivity contribution in [2.75, 3.05) is 20.1 Å². The van der Waals surface area contributed by atoms with Crippen LogP contribution in [0.1, 0.15) is 30.7 Å². The Balaban J connectivity index is 1.40. The standard InChI is InChI=1S/C18H25N5O/c1-13-4-3-5-17-20-14(11-23(13)17)10-19-18(24)22-9-8-15-6-7-16(12-22)21(15)2/h3-5,11,15-16H,6-10,12H2,1-2H3,(H,19,24). The first-order valence-corrected chi connectivity index (χ1v) is 8.80. The Kier molecular flexibility index (Phi) is 3.92. The number of hydrogen-bond acceptors (Lipinski definition) is 3. The summed E-state index contributed by atoms with van der Waals surface area (Å²) in [6.45, 7) is 4.21. The lowest BCUT2D eigenvalue weighted by molar-refractivity contribution is 0.187. The zero-order chi connectivity index (χ0) is 16.7. The predicted molar refractivity (Wildman–Crippen MR) is 92.9 cm³/mol. The van der Waals surface area contributed by atoms with Crippen LogP contribution in [0.5, 0.6) is 0 Å². The van der Waals surface area contributed by atoms with Gasteiger partial charge in [0, 0.05) is 37.1 Å². The lowest BCUT2D eigenvalue weighted by Crippen LogP contribution is -2.44. The first kappa shape index (κ1) is 15.4. The minimum Gasteiger partial charge on any atom is -0.332 e. The van der Waals surface area contributed by atoms with Gasteiger partial charge in [0.1, 0.15) is 5.65 Å². The fraction of sp³-hybridized carbons (Fsp3) is 0.556. The van der Waals surface area contributed by atoms with Crippen molar-refractivity contribution in [3.8, 4) is 0 Å². The molecule has 2 unspecified atom stereocenters. The van der Waals surface area contributed by atoms with Gasteiger partial charge in [0.05, 0.1) is 12.2 Å². The second-order valence-corrected chi connectivity index (χ2v) is 7.07. The Bertz CT molecular complexity index is 755. The van der Waals surface area contributed by atoms with E-state index in [4.69, 9.17) is 0 Å². The van der Waals surface area contributed by atoms with Crippen molar-refractivity contribution in [1.29, 1.82) is 0 Å². The van der Waals surface area contributed by atoms with E-state index >= 15 is 0 Å². The van der Waals surface area contributed by atoms with Crippen molar-refractivity contribution in [1.82, 2.24) is 24.5 Å². The summed E-state index contributed by atoms with van der Waals surface area (Å²) in [5.74, 6) is 0. The number of hydrogen-bond donors (Lipinski definition) is 1. The molecular formula is C18H25N5O. The van der Waals surface area contributed by atoms with Crippen molar-refractivity contribution in [2.24, 2.45) is 0 Å². The van der Waals surface area contributed by atoms with Crippen molar-refractivity contribution >= 4 is 11.7 Å². The molecule has 6 nitrogen and oxygen atoms in total. The zero-order valence-corrected chi connectivity index (χ0v) is 14.4. The van der Waals surface area contributed by atoms with Crippen molar-refractivity contribution in [3.05, 3.63) is 35.8 Å². The number of urea groups is 1. The maximum absolute atomic E-state index is 12.6. The van der Waals surface area contributed by atoms with Crippen LogP contribution in [-0.2, 0) is 6.54 Å². The Morgan fingerprint density at radius 2 is 2.12 bits per heavy atom. The summed E-state index contributed by atoms with van der Waals surface area (Å²) in [5, 5.41) is 3.04. The lowest BCUT2D eigenvalue weighted by Gasteiger charge is -2.25. The maximum atomic E-state index is 12.6. The number of pyridine rings is 1. The van der Waals surface area contributed by atoms with E-state index in [2.05, 4.69) is 39.6 Å². The Morgan fingerprint density at radius 1 is 1.29 bits per heavy atom. The van der Waals surface area contributed by atoms with Crippen LogP contribution < -0.4 is 5.32 Å². The van der Waals surface area contributed by atoms with E-state index in [-0.39, 0.29) is 6.03 Å². The highest BCUT2D eigenvalue weighted by molar-refractivity contribution is 5.74. The number of carbonyl (C=O) groups excluding carboxylic acids is 1. The van der Waals surface area contributed by atoms with Gasteiger partial charge >= 0.3 is 6.03 Å². The van der Waals surface area contributed by atoms with Gasteiger partial charge in [0.25, 0.3) is 0 Å². The molecule has 2 bridgehead atoms. The highest BCUT2D eigenvalue weighted by Crippen LogP contribution is 2.28. The van der Waals surface area contributed by atoms with E-state index in [1.54, 1.807) is 0 Å². The van der Waals surface area contributed by atoms with Crippen LogP contribution in [-0.4, -0.2) is 57.4 Å². The number of rotatable bonds is 2. The van der Waals surface area contributed by atoms with E-state index in [1.165, 1.54) is 12.8 Å². The van der Waals surface area contributed by atoms with E-state index in [1.807, 2.05) is 23.2 Å². The third kappa shape index (κ3) is 2.75. The van der Waals surface area contributed by atoms with Gasteiger partial charge in [-0.15, -0.1) is 0 Å². The number of amides is 2. The number of nitrogens with zero attached hydrogens (tertiary/aromatic N) is 4. The summed E-state index contributed by atoms with van der Waals surface area (Å²) < 4.78 is 2.06. The maximum Gasteiger partial charge on any atom is 0.317 e. The van der Waals surface area contributed by atoms with Crippen LogP contribution >= 0.6 is 0 Å². The molecule has 0 aromatic carbocycles. The molecular weight excluding hydrogens is 302 g/mol. The van der Waals surface area contributed by atoms with E-state index in [0.717, 1.165) is 36.5 Å². The number of likely N-dealkylation sites (N-methyl/N-ethyl adjacent to an activating group) is 1. The molecule has 2 saturated heterocycles. The monoisotopic (exact) mass is 327 g/mol. The van der Waals surface area contributed by atoms with Gasteiger partial charge in [-0.1, -0.05) is 6.07 Å². The van der Waals surface area contributed by atoms with Crippen LogP contribution in [0, 0.1) is 6.92 Å². The smallest absolute Gasteiger partial charge is 0.317 e. The lowest BCUT2D eigenvalue weighted by atomic mass is 10.1. The van der Waals surface area contributed by atoms with E-state index in [0.29, 0.717) is 18.6 Å². The summed E-state index contributed by atoms with van der Waals surface area (Å²) in [6, 6.07) is 7.24. The second kappa shape index (κ2) is 6.09. The molecule has 4 heterocycles. The topological polar surface area (TPSA) is 52.9 Å². The van der Waals surface area contributed by atoms with Gasteiger partial charge in [-0.25, -0.2) is 9.78 Å². The molecule has 2 aromatic heterocycles. The molecule has 0 saturated carbocycles. The van der Waals surface area contributed by atoms with E-state index < -0.39 is 0 Å². The van der Waals surface area contributed by atoms with Gasteiger partial charge in [0.2, 0.25) is 0 Å². The van der Waals surface area contributed by atoms with E-state index in [9.17, 15) is 4.79 Å². The third-order valence-corrected chi connectivity index (χ3v) is 5.60. The first-order chi connectivity index (χ1) is 11.6. The van der Waals surface area contributed by atoms with Crippen molar-refractivity contribution < 1.29 is 4.79 Å². The van der Waals surface area contributed by atoms with Crippen LogP contribution in [0.25, 0.3) is 5.65 Å². The minimum atomic E-state index is 0.0322. The first-order valence-electron chi connectivity index (χ1n) is 8.80. The number of aromatic nitrogens is 2. The normalized spacial score (nSPS) is 24.3. The molecule has 6 heteroatoms. The minimum absolute atomic E-state index is 0.0322. The highest BCUT2D eigenvalue weighted by atomic mass is 16.2. The molecule has 2 amide bonds. The molecule has 0 spiro atoms. The fourth-order valence-electron chi connectivity index (χ4n) is 4.06.